The van der Waals surface area contributed by atoms with Crippen LogP contribution in [0.25, 0.3) is 0 Å². The summed E-state index contributed by atoms with van der Waals surface area (Å²) >= 11 is 0. The molecule has 0 aliphatic heterocycles. The third kappa shape index (κ3) is 4.51. The third-order valence-corrected chi connectivity index (χ3v) is 2.63. The highest BCUT2D eigenvalue weighted by Crippen LogP contribution is 2.23. The van der Waals surface area contributed by atoms with Crippen LogP contribution in [0.15, 0.2) is 0 Å². The lowest BCUT2D eigenvalue weighted by atomic mass is 10.1. The van der Waals surface area contributed by atoms with Gasteiger partial charge in [-0.3, -0.25) is 0 Å². The van der Waals surface area contributed by atoms with Gasteiger partial charge in [-0.1, -0.05) is 6.42 Å². The van der Waals surface area contributed by atoms with Gasteiger partial charge in [0.05, 0.1) is 0 Å². The SMILES string of the molecule is CC(C)(C)OC(=O)NC[C@@H]1CCC[C@@H]1N. The summed E-state index contributed by atoms with van der Waals surface area (Å²) in [6, 6.07) is 0.236. The van der Waals surface area contributed by atoms with Crippen LogP contribution in [0.1, 0.15) is 40.0 Å². The molecule has 1 amide bonds. The average Bonchev–Trinajstić information content (AvgIpc) is 2.44. The lowest BCUT2D eigenvalue weighted by Crippen LogP contribution is -2.38. The maximum absolute atomic E-state index is 11.3. The Morgan fingerprint density at radius 3 is 2.60 bits per heavy atom. The second kappa shape index (κ2) is 4.84. The second-order valence-electron chi connectivity index (χ2n) is 5.24. The standard InChI is InChI=1S/C11H22N2O2/c1-11(2,3)15-10(14)13-7-8-5-4-6-9(8)12/h8-9H,4-7,12H2,1-3H3,(H,13,14)/t8-,9-/m0/s1. The zero-order valence-electron chi connectivity index (χ0n) is 9.88. The molecule has 0 aromatic carbocycles. The smallest absolute Gasteiger partial charge is 0.407 e. The highest BCUT2D eigenvalue weighted by Gasteiger charge is 2.25. The molecule has 2 atom stereocenters. The molecule has 4 heteroatoms. The molecule has 0 aromatic heterocycles. The van der Waals surface area contributed by atoms with Gasteiger partial charge < -0.3 is 15.8 Å². The van der Waals surface area contributed by atoms with E-state index in [1.807, 2.05) is 20.8 Å². The number of alkyl carbamates (subject to hydrolysis) is 1. The Morgan fingerprint density at radius 1 is 1.47 bits per heavy atom. The molecular weight excluding hydrogens is 192 g/mol. The number of ether oxygens (including phenoxy) is 1. The van der Waals surface area contributed by atoms with Crippen molar-refractivity contribution in [2.45, 2.75) is 51.7 Å². The highest BCUT2D eigenvalue weighted by molar-refractivity contribution is 5.67. The Morgan fingerprint density at radius 2 is 2.13 bits per heavy atom. The van der Waals surface area contributed by atoms with Gasteiger partial charge in [0.1, 0.15) is 5.60 Å². The van der Waals surface area contributed by atoms with E-state index in [0.29, 0.717) is 12.5 Å². The van der Waals surface area contributed by atoms with Crippen molar-refractivity contribution in [3.05, 3.63) is 0 Å². The van der Waals surface area contributed by atoms with Crippen LogP contribution in [0.2, 0.25) is 0 Å². The zero-order chi connectivity index (χ0) is 11.5. The summed E-state index contributed by atoms with van der Waals surface area (Å²) in [7, 11) is 0. The monoisotopic (exact) mass is 214 g/mol. The fourth-order valence-electron chi connectivity index (χ4n) is 1.85. The predicted octanol–water partition coefficient (Wildman–Crippen LogP) is 1.64. The fourth-order valence-corrected chi connectivity index (χ4v) is 1.85. The number of hydrogen-bond donors (Lipinski definition) is 2. The second-order valence-corrected chi connectivity index (χ2v) is 5.24. The molecular formula is C11H22N2O2. The van der Waals surface area contributed by atoms with E-state index in [2.05, 4.69) is 5.32 Å². The molecule has 1 fully saturated rings. The first-order valence-electron chi connectivity index (χ1n) is 5.61. The van der Waals surface area contributed by atoms with Gasteiger partial charge in [-0.05, 0) is 39.5 Å². The van der Waals surface area contributed by atoms with Gasteiger partial charge in [-0.15, -0.1) is 0 Å². The van der Waals surface area contributed by atoms with Crippen molar-refractivity contribution in [2.24, 2.45) is 11.7 Å². The van der Waals surface area contributed by atoms with Crippen LogP contribution >= 0.6 is 0 Å². The molecule has 1 aliphatic rings. The van der Waals surface area contributed by atoms with Gasteiger partial charge in [-0.25, -0.2) is 4.79 Å². The quantitative estimate of drug-likeness (QED) is 0.734. The third-order valence-electron chi connectivity index (χ3n) is 2.63. The number of amides is 1. The van der Waals surface area contributed by atoms with E-state index in [1.54, 1.807) is 0 Å². The Bertz CT molecular complexity index is 223. The Kier molecular flexibility index (Phi) is 3.97. The Labute approximate surface area is 91.5 Å². The van der Waals surface area contributed by atoms with Gasteiger partial charge >= 0.3 is 6.09 Å². The zero-order valence-corrected chi connectivity index (χ0v) is 9.88. The van der Waals surface area contributed by atoms with Crippen LogP contribution < -0.4 is 11.1 Å². The van der Waals surface area contributed by atoms with Crippen molar-refractivity contribution >= 4 is 6.09 Å². The maximum Gasteiger partial charge on any atom is 0.407 e. The van der Waals surface area contributed by atoms with Gasteiger partial charge in [0.2, 0.25) is 0 Å². The molecule has 0 bridgehead atoms. The number of nitrogens with two attached hydrogens (primary N) is 1. The topological polar surface area (TPSA) is 64.3 Å². The number of hydrogen-bond acceptors (Lipinski definition) is 3. The van der Waals surface area contributed by atoms with Crippen LogP contribution in [-0.4, -0.2) is 24.3 Å². The first-order valence-corrected chi connectivity index (χ1v) is 5.61. The minimum atomic E-state index is -0.429. The minimum absolute atomic E-state index is 0.236. The molecule has 88 valence electrons. The molecule has 0 aromatic rings. The molecule has 1 rings (SSSR count). The van der Waals surface area contributed by atoms with E-state index in [0.717, 1.165) is 12.8 Å². The highest BCUT2D eigenvalue weighted by atomic mass is 16.6. The van der Waals surface area contributed by atoms with E-state index in [4.69, 9.17) is 10.5 Å². The average molecular weight is 214 g/mol. The Balaban J connectivity index is 2.22. The number of carbonyl (C=O) groups excluding carboxylic acids is 1. The summed E-state index contributed by atoms with van der Waals surface area (Å²) in [6.07, 6.45) is 3.00. The van der Waals surface area contributed by atoms with Crippen LogP contribution in [0.3, 0.4) is 0 Å². The lowest BCUT2D eigenvalue weighted by molar-refractivity contribution is 0.0518. The van der Waals surface area contributed by atoms with Crippen LogP contribution in [-0.2, 0) is 4.74 Å². The van der Waals surface area contributed by atoms with E-state index in [-0.39, 0.29) is 12.1 Å². The van der Waals surface area contributed by atoms with Gasteiger partial charge in [0.15, 0.2) is 0 Å². The van der Waals surface area contributed by atoms with Crippen molar-refractivity contribution in [3.63, 3.8) is 0 Å². The van der Waals surface area contributed by atoms with E-state index >= 15 is 0 Å². The molecule has 0 radical (unpaired) electrons. The first kappa shape index (κ1) is 12.3. The normalized spacial score (nSPS) is 26.4. The summed E-state index contributed by atoms with van der Waals surface area (Å²) in [5.74, 6) is 0.414. The van der Waals surface area contributed by atoms with Crippen molar-refractivity contribution < 1.29 is 9.53 Å². The Hall–Kier alpha value is -0.770. The molecule has 4 nitrogen and oxygen atoms in total. The fraction of sp³-hybridized carbons (Fsp3) is 0.909. The van der Waals surface area contributed by atoms with Crippen molar-refractivity contribution in [3.8, 4) is 0 Å². The summed E-state index contributed by atoms with van der Waals surface area (Å²) in [5, 5.41) is 2.77. The predicted molar refractivity (Wildman–Crippen MR) is 59.6 cm³/mol. The van der Waals surface area contributed by atoms with E-state index < -0.39 is 5.60 Å². The van der Waals surface area contributed by atoms with Crippen LogP contribution in [0.4, 0.5) is 4.79 Å². The molecule has 15 heavy (non-hydrogen) atoms. The van der Waals surface area contributed by atoms with E-state index in [1.165, 1.54) is 6.42 Å². The number of nitrogens with one attached hydrogen (secondary N) is 1. The first-order chi connectivity index (χ1) is 6.88. The number of carbonyl (C=O) groups is 1. The van der Waals surface area contributed by atoms with Crippen molar-refractivity contribution in [1.29, 1.82) is 0 Å². The lowest BCUT2D eigenvalue weighted by Gasteiger charge is -2.21. The molecule has 1 saturated carbocycles. The molecule has 3 N–H and O–H groups in total. The molecule has 1 aliphatic carbocycles. The van der Waals surface area contributed by atoms with Crippen molar-refractivity contribution in [2.75, 3.05) is 6.54 Å². The van der Waals surface area contributed by atoms with Gasteiger partial charge in [0.25, 0.3) is 0 Å². The summed E-state index contributed by atoms with van der Waals surface area (Å²) in [5.41, 5.74) is 5.47. The largest absolute Gasteiger partial charge is 0.444 e. The molecule has 0 saturated heterocycles. The number of rotatable bonds is 2. The molecule has 0 unspecified atom stereocenters. The van der Waals surface area contributed by atoms with Gasteiger partial charge in [0, 0.05) is 12.6 Å². The summed E-state index contributed by atoms with van der Waals surface area (Å²) in [4.78, 5) is 11.3. The maximum atomic E-state index is 11.3. The van der Waals surface area contributed by atoms with E-state index in [9.17, 15) is 4.79 Å². The minimum Gasteiger partial charge on any atom is -0.444 e. The van der Waals surface area contributed by atoms with Crippen molar-refractivity contribution in [1.82, 2.24) is 5.32 Å². The summed E-state index contributed by atoms with van der Waals surface area (Å²) in [6.45, 7) is 6.20. The summed E-state index contributed by atoms with van der Waals surface area (Å²) < 4.78 is 5.14. The van der Waals surface area contributed by atoms with Crippen LogP contribution in [0, 0.1) is 5.92 Å². The molecule has 0 spiro atoms. The van der Waals surface area contributed by atoms with Crippen LogP contribution in [0.5, 0.6) is 0 Å². The molecule has 0 heterocycles. The van der Waals surface area contributed by atoms with Gasteiger partial charge in [-0.2, -0.15) is 0 Å².